The van der Waals surface area contributed by atoms with Crippen LogP contribution in [0.5, 0.6) is 5.75 Å². The van der Waals surface area contributed by atoms with Crippen LogP contribution < -0.4 is 10.1 Å². The van der Waals surface area contributed by atoms with Gasteiger partial charge in [-0.05, 0) is 18.2 Å². The fourth-order valence-corrected chi connectivity index (χ4v) is 1.52. The summed E-state index contributed by atoms with van der Waals surface area (Å²) in [6.45, 7) is 1.38. The molecule has 0 aliphatic carbocycles. The lowest BCUT2D eigenvalue weighted by Gasteiger charge is -2.28. The minimum atomic E-state index is -4.37. The van der Waals surface area contributed by atoms with Gasteiger partial charge in [-0.25, -0.2) is 0 Å². The van der Waals surface area contributed by atoms with E-state index in [-0.39, 0.29) is 11.1 Å². The molecule has 0 aromatic heterocycles. The van der Waals surface area contributed by atoms with Crippen LogP contribution in [-0.4, -0.2) is 19.2 Å². The van der Waals surface area contributed by atoms with Gasteiger partial charge in [0, 0.05) is 13.1 Å². The molecular weight excluding hydrogens is 243 g/mol. The second-order valence-electron chi connectivity index (χ2n) is 3.54. The number of hydrogen-bond acceptors (Lipinski definition) is 2. The zero-order valence-corrected chi connectivity index (χ0v) is 8.90. The van der Waals surface area contributed by atoms with Crippen LogP contribution in [0.25, 0.3) is 0 Å². The van der Waals surface area contributed by atoms with Crippen molar-refractivity contribution in [1.29, 1.82) is 0 Å². The molecule has 1 aromatic rings. The van der Waals surface area contributed by atoms with Crippen LogP contribution in [0.3, 0.4) is 0 Å². The largest absolute Gasteiger partial charge is 0.486 e. The average Bonchev–Trinajstić information content (AvgIpc) is 2.11. The highest BCUT2D eigenvalue weighted by Gasteiger charge is 2.31. The second-order valence-corrected chi connectivity index (χ2v) is 3.95. The van der Waals surface area contributed by atoms with Crippen molar-refractivity contribution in [2.75, 3.05) is 13.1 Å². The Labute approximate surface area is 95.3 Å². The minimum Gasteiger partial charge on any atom is -0.486 e. The Balaban J connectivity index is 2.15. The first kappa shape index (κ1) is 11.5. The minimum absolute atomic E-state index is 0.00534. The summed E-state index contributed by atoms with van der Waals surface area (Å²) in [5.41, 5.74) is -0.767. The molecule has 6 heteroatoms. The summed E-state index contributed by atoms with van der Waals surface area (Å²) in [7, 11) is 0. The number of alkyl halides is 3. The standard InChI is InChI=1S/C10H9ClF3NO/c11-8-3-6(10(12,13)14)1-2-9(8)16-7-4-15-5-7/h1-3,7,15H,4-5H2. The molecule has 0 unspecified atom stereocenters. The maximum absolute atomic E-state index is 12.3. The zero-order chi connectivity index (χ0) is 11.8. The Morgan fingerprint density at radius 1 is 1.31 bits per heavy atom. The smallest absolute Gasteiger partial charge is 0.416 e. The predicted molar refractivity (Wildman–Crippen MR) is 53.7 cm³/mol. The van der Waals surface area contributed by atoms with Crippen molar-refractivity contribution >= 4 is 11.6 Å². The van der Waals surface area contributed by atoms with Crippen molar-refractivity contribution in [2.24, 2.45) is 0 Å². The predicted octanol–water partition coefficient (Wildman–Crippen LogP) is 2.71. The quantitative estimate of drug-likeness (QED) is 0.873. The van der Waals surface area contributed by atoms with Gasteiger partial charge in [-0.2, -0.15) is 13.2 Å². The van der Waals surface area contributed by atoms with E-state index in [0.29, 0.717) is 18.8 Å². The molecule has 0 saturated carbocycles. The molecular formula is C10H9ClF3NO. The van der Waals surface area contributed by atoms with Crippen LogP contribution >= 0.6 is 11.6 Å². The summed E-state index contributed by atoms with van der Waals surface area (Å²) in [4.78, 5) is 0. The summed E-state index contributed by atoms with van der Waals surface area (Å²) in [5, 5.41) is 2.98. The fraction of sp³-hybridized carbons (Fsp3) is 0.400. The molecule has 2 rings (SSSR count). The van der Waals surface area contributed by atoms with E-state index in [1.807, 2.05) is 0 Å². The SMILES string of the molecule is FC(F)(F)c1ccc(OC2CNC2)c(Cl)c1. The second kappa shape index (κ2) is 4.14. The van der Waals surface area contributed by atoms with Crippen molar-refractivity contribution in [3.8, 4) is 5.75 Å². The maximum Gasteiger partial charge on any atom is 0.416 e. The summed E-state index contributed by atoms with van der Waals surface area (Å²) >= 11 is 5.72. The van der Waals surface area contributed by atoms with Crippen LogP contribution in [0.4, 0.5) is 13.2 Å². The molecule has 0 spiro atoms. The molecule has 1 N–H and O–H groups in total. The van der Waals surface area contributed by atoms with Crippen LogP contribution in [-0.2, 0) is 6.18 Å². The molecule has 1 aliphatic rings. The lowest BCUT2D eigenvalue weighted by molar-refractivity contribution is -0.137. The number of ether oxygens (including phenoxy) is 1. The van der Waals surface area contributed by atoms with Crippen molar-refractivity contribution in [1.82, 2.24) is 5.32 Å². The number of rotatable bonds is 2. The third kappa shape index (κ3) is 2.41. The van der Waals surface area contributed by atoms with Gasteiger partial charge in [-0.1, -0.05) is 11.6 Å². The van der Waals surface area contributed by atoms with Gasteiger partial charge in [0.1, 0.15) is 11.9 Å². The van der Waals surface area contributed by atoms with Gasteiger partial charge in [0.25, 0.3) is 0 Å². The number of halogens is 4. The van der Waals surface area contributed by atoms with Crippen LogP contribution in [0, 0.1) is 0 Å². The topological polar surface area (TPSA) is 21.3 Å². The van der Waals surface area contributed by atoms with Crippen LogP contribution in [0.1, 0.15) is 5.56 Å². The molecule has 1 aliphatic heterocycles. The summed E-state index contributed by atoms with van der Waals surface area (Å²) in [6, 6.07) is 3.10. The van der Waals surface area contributed by atoms with Crippen molar-refractivity contribution in [3.63, 3.8) is 0 Å². The van der Waals surface area contributed by atoms with E-state index in [2.05, 4.69) is 5.32 Å². The molecule has 88 valence electrons. The van der Waals surface area contributed by atoms with Gasteiger partial charge in [-0.15, -0.1) is 0 Å². The monoisotopic (exact) mass is 251 g/mol. The number of benzene rings is 1. The summed E-state index contributed by atoms with van der Waals surface area (Å²) < 4.78 is 42.4. The van der Waals surface area contributed by atoms with E-state index in [1.165, 1.54) is 6.07 Å². The van der Waals surface area contributed by atoms with E-state index in [1.54, 1.807) is 0 Å². The Bertz CT molecular complexity index is 390. The highest BCUT2D eigenvalue weighted by atomic mass is 35.5. The first-order valence-electron chi connectivity index (χ1n) is 4.71. The summed E-state index contributed by atoms with van der Waals surface area (Å²) in [6.07, 6.45) is -4.38. The molecule has 1 heterocycles. The highest BCUT2D eigenvalue weighted by Crippen LogP contribution is 2.35. The molecule has 1 aromatic carbocycles. The molecule has 1 saturated heterocycles. The third-order valence-corrected chi connectivity index (χ3v) is 2.59. The van der Waals surface area contributed by atoms with Gasteiger partial charge in [0.15, 0.2) is 0 Å². The molecule has 1 fully saturated rings. The van der Waals surface area contributed by atoms with Gasteiger partial charge in [0.05, 0.1) is 10.6 Å². The van der Waals surface area contributed by atoms with E-state index >= 15 is 0 Å². The van der Waals surface area contributed by atoms with E-state index < -0.39 is 11.7 Å². The molecule has 16 heavy (non-hydrogen) atoms. The molecule has 2 nitrogen and oxygen atoms in total. The average molecular weight is 252 g/mol. The lowest BCUT2D eigenvalue weighted by Crippen LogP contribution is -2.50. The van der Waals surface area contributed by atoms with Crippen molar-refractivity contribution in [2.45, 2.75) is 12.3 Å². The summed E-state index contributed by atoms with van der Waals surface area (Å²) in [5.74, 6) is 0.293. The first-order valence-corrected chi connectivity index (χ1v) is 5.09. The van der Waals surface area contributed by atoms with Crippen molar-refractivity contribution in [3.05, 3.63) is 28.8 Å². The zero-order valence-electron chi connectivity index (χ0n) is 8.14. The number of hydrogen-bond donors (Lipinski definition) is 1. The van der Waals surface area contributed by atoms with Crippen LogP contribution in [0.2, 0.25) is 5.02 Å². The Morgan fingerprint density at radius 3 is 2.44 bits per heavy atom. The maximum atomic E-state index is 12.3. The molecule has 0 amide bonds. The van der Waals surface area contributed by atoms with E-state index in [0.717, 1.165) is 12.1 Å². The van der Waals surface area contributed by atoms with Gasteiger partial charge < -0.3 is 10.1 Å². The van der Waals surface area contributed by atoms with E-state index in [4.69, 9.17) is 16.3 Å². The molecule has 0 atom stereocenters. The van der Waals surface area contributed by atoms with E-state index in [9.17, 15) is 13.2 Å². The third-order valence-electron chi connectivity index (χ3n) is 2.30. The fourth-order valence-electron chi connectivity index (χ4n) is 1.30. The van der Waals surface area contributed by atoms with Gasteiger partial charge in [-0.3, -0.25) is 0 Å². The Morgan fingerprint density at radius 2 is 2.00 bits per heavy atom. The number of nitrogens with one attached hydrogen (secondary N) is 1. The normalized spacial score (nSPS) is 17.0. The van der Waals surface area contributed by atoms with Crippen molar-refractivity contribution < 1.29 is 17.9 Å². The highest BCUT2D eigenvalue weighted by molar-refractivity contribution is 6.32. The first-order chi connectivity index (χ1) is 7.47. The Kier molecular flexibility index (Phi) is 2.99. The molecule has 0 radical (unpaired) electrons. The lowest BCUT2D eigenvalue weighted by atomic mass is 10.2. The van der Waals surface area contributed by atoms with Gasteiger partial charge in [0.2, 0.25) is 0 Å². The molecule has 0 bridgehead atoms. The van der Waals surface area contributed by atoms with Gasteiger partial charge >= 0.3 is 6.18 Å². The van der Waals surface area contributed by atoms with Crippen LogP contribution in [0.15, 0.2) is 18.2 Å². The Hall–Kier alpha value is -0.940.